The summed E-state index contributed by atoms with van der Waals surface area (Å²) in [5.74, 6) is 0.126. The van der Waals surface area contributed by atoms with Crippen molar-refractivity contribution in [1.29, 1.82) is 0 Å². The topological polar surface area (TPSA) is 61.2 Å². The molecular formula is C26H20N2O3S. The summed E-state index contributed by atoms with van der Waals surface area (Å²) < 4.78 is 33.5. The number of aromatic nitrogens is 2. The number of aryl methyl sites for hydroxylation is 1. The fourth-order valence-electron chi connectivity index (χ4n) is 3.53. The fourth-order valence-corrected chi connectivity index (χ4v) is 4.47. The minimum atomic E-state index is -4.07. The lowest BCUT2D eigenvalue weighted by Gasteiger charge is -2.10. The summed E-state index contributed by atoms with van der Waals surface area (Å²) in [5, 5.41) is 6.42. The zero-order valence-corrected chi connectivity index (χ0v) is 18.2. The summed E-state index contributed by atoms with van der Waals surface area (Å²) in [4.78, 5) is 0.0918. The lowest BCUT2D eigenvalue weighted by Crippen LogP contribution is -2.12. The molecule has 0 saturated carbocycles. The van der Waals surface area contributed by atoms with E-state index in [0.29, 0.717) is 11.4 Å². The van der Waals surface area contributed by atoms with Crippen molar-refractivity contribution in [2.24, 2.45) is 0 Å². The van der Waals surface area contributed by atoms with E-state index in [4.69, 9.17) is 4.18 Å². The zero-order chi connectivity index (χ0) is 22.1. The van der Waals surface area contributed by atoms with Crippen LogP contribution in [0.3, 0.4) is 0 Å². The molecule has 0 fully saturated rings. The number of benzene rings is 4. The van der Waals surface area contributed by atoms with Crippen molar-refractivity contribution >= 4 is 20.9 Å². The first-order chi connectivity index (χ1) is 15.5. The van der Waals surface area contributed by atoms with E-state index in [1.54, 1.807) is 24.3 Å². The van der Waals surface area contributed by atoms with Gasteiger partial charge in [-0.3, -0.25) is 0 Å². The second-order valence-corrected chi connectivity index (χ2v) is 9.07. The average Bonchev–Trinajstić information content (AvgIpc) is 3.23. The second kappa shape index (κ2) is 7.98. The lowest BCUT2D eigenvalue weighted by atomic mass is 10.1. The highest BCUT2D eigenvalue weighted by molar-refractivity contribution is 7.87. The first-order valence-corrected chi connectivity index (χ1v) is 11.6. The predicted molar refractivity (Wildman–Crippen MR) is 125 cm³/mol. The highest BCUT2D eigenvalue weighted by atomic mass is 32.2. The SMILES string of the molecule is Cc1ccc(-n2nc(-c3ccccc3)cc2OS(=O)(=O)c2ccc3ccccc3c2)cc1. The van der Waals surface area contributed by atoms with Gasteiger partial charge in [-0.2, -0.15) is 18.2 Å². The van der Waals surface area contributed by atoms with Gasteiger partial charge in [-0.15, -0.1) is 0 Å². The third kappa shape index (κ3) is 3.88. The molecule has 1 heterocycles. The van der Waals surface area contributed by atoms with E-state index in [-0.39, 0.29) is 10.8 Å². The number of hydrogen-bond donors (Lipinski definition) is 0. The van der Waals surface area contributed by atoms with Gasteiger partial charge < -0.3 is 4.18 Å². The smallest absolute Gasteiger partial charge is 0.340 e. The Morgan fingerprint density at radius 3 is 2.19 bits per heavy atom. The minimum Gasteiger partial charge on any atom is -0.358 e. The second-order valence-electron chi connectivity index (χ2n) is 7.53. The molecule has 32 heavy (non-hydrogen) atoms. The van der Waals surface area contributed by atoms with Crippen LogP contribution in [-0.2, 0) is 10.1 Å². The van der Waals surface area contributed by atoms with Crippen LogP contribution in [0.5, 0.6) is 5.88 Å². The molecule has 0 N–H and O–H groups in total. The minimum absolute atomic E-state index is 0.0918. The van der Waals surface area contributed by atoms with Crippen LogP contribution in [0, 0.1) is 6.92 Å². The molecule has 0 spiro atoms. The van der Waals surface area contributed by atoms with Crippen LogP contribution in [0.15, 0.2) is 108 Å². The highest BCUT2D eigenvalue weighted by Crippen LogP contribution is 2.29. The molecule has 5 rings (SSSR count). The van der Waals surface area contributed by atoms with E-state index in [9.17, 15) is 8.42 Å². The van der Waals surface area contributed by atoms with Gasteiger partial charge in [-0.1, -0.05) is 78.4 Å². The Balaban J connectivity index is 1.59. The largest absolute Gasteiger partial charge is 0.358 e. The molecule has 0 aliphatic heterocycles. The standard InChI is InChI=1S/C26H20N2O3S/c1-19-11-14-23(15-12-19)28-26(18-25(27-28)21-8-3-2-4-9-21)31-32(29,30)24-16-13-20-7-5-6-10-22(20)17-24/h2-18H,1H3. The number of fused-ring (bicyclic) bond motifs is 1. The van der Waals surface area contributed by atoms with Gasteiger partial charge in [0.1, 0.15) is 4.90 Å². The summed E-state index contributed by atoms with van der Waals surface area (Å²) in [7, 11) is -4.07. The van der Waals surface area contributed by atoms with Crippen molar-refractivity contribution in [3.05, 3.63) is 109 Å². The lowest BCUT2D eigenvalue weighted by molar-refractivity contribution is 0.465. The third-order valence-electron chi connectivity index (χ3n) is 5.23. The van der Waals surface area contributed by atoms with Crippen LogP contribution < -0.4 is 4.18 Å². The highest BCUT2D eigenvalue weighted by Gasteiger charge is 2.22. The van der Waals surface area contributed by atoms with Gasteiger partial charge in [-0.25, -0.2) is 0 Å². The molecule has 0 unspecified atom stereocenters. The molecule has 0 amide bonds. The molecule has 158 valence electrons. The van der Waals surface area contributed by atoms with E-state index in [2.05, 4.69) is 5.10 Å². The maximum atomic E-state index is 13.2. The summed E-state index contributed by atoms with van der Waals surface area (Å²) >= 11 is 0. The van der Waals surface area contributed by atoms with Crippen molar-refractivity contribution < 1.29 is 12.6 Å². The van der Waals surface area contributed by atoms with E-state index in [1.807, 2.05) is 85.8 Å². The van der Waals surface area contributed by atoms with Crippen LogP contribution in [0.4, 0.5) is 0 Å². The Hall–Kier alpha value is -3.90. The van der Waals surface area contributed by atoms with E-state index >= 15 is 0 Å². The van der Waals surface area contributed by atoms with Crippen molar-refractivity contribution in [3.63, 3.8) is 0 Å². The van der Waals surface area contributed by atoms with Crippen LogP contribution >= 0.6 is 0 Å². The molecule has 6 heteroatoms. The molecule has 0 radical (unpaired) electrons. The first-order valence-electron chi connectivity index (χ1n) is 10.2. The predicted octanol–water partition coefficient (Wildman–Crippen LogP) is 5.77. The van der Waals surface area contributed by atoms with Gasteiger partial charge in [0.15, 0.2) is 0 Å². The molecular weight excluding hydrogens is 420 g/mol. The molecule has 0 aliphatic carbocycles. The van der Waals surface area contributed by atoms with E-state index < -0.39 is 10.1 Å². The third-order valence-corrected chi connectivity index (χ3v) is 6.45. The maximum absolute atomic E-state index is 13.2. The Labute approximate surface area is 186 Å². The van der Waals surface area contributed by atoms with Gasteiger partial charge in [0.05, 0.1) is 11.4 Å². The summed E-state index contributed by atoms with van der Waals surface area (Å²) in [5.41, 5.74) is 3.29. The Morgan fingerprint density at radius 2 is 1.44 bits per heavy atom. The number of nitrogens with zero attached hydrogens (tertiary/aromatic N) is 2. The molecule has 0 atom stereocenters. The fraction of sp³-hybridized carbons (Fsp3) is 0.0385. The van der Waals surface area contributed by atoms with Crippen molar-refractivity contribution in [3.8, 4) is 22.8 Å². The van der Waals surface area contributed by atoms with Gasteiger partial charge in [-0.05, 0) is 42.0 Å². The van der Waals surface area contributed by atoms with Gasteiger partial charge in [0, 0.05) is 11.6 Å². The Bertz CT molecular complexity index is 1510. The molecule has 4 aromatic carbocycles. The van der Waals surface area contributed by atoms with Crippen LogP contribution in [0.2, 0.25) is 0 Å². The normalized spacial score (nSPS) is 11.5. The van der Waals surface area contributed by atoms with E-state index in [0.717, 1.165) is 21.9 Å². The van der Waals surface area contributed by atoms with Gasteiger partial charge in [0.25, 0.3) is 0 Å². The Kier molecular flexibility index (Phi) is 4.99. The number of rotatable bonds is 5. The quantitative estimate of drug-likeness (QED) is 0.326. The molecule has 0 saturated heterocycles. The van der Waals surface area contributed by atoms with Crippen LogP contribution in [0.1, 0.15) is 5.56 Å². The molecule has 5 nitrogen and oxygen atoms in total. The number of hydrogen-bond acceptors (Lipinski definition) is 4. The van der Waals surface area contributed by atoms with Crippen molar-refractivity contribution in [2.75, 3.05) is 0 Å². The van der Waals surface area contributed by atoms with Crippen molar-refractivity contribution in [2.45, 2.75) is 11.8 Å². The summed E-state index contributed by atoms with van der Waals surface area (Å²) in [6.45, 7) is 1.99. The van der Waals surface area contributed by atoms with Crippen LogP contribution in [0.25, 0.3) is 27.7 Å². The van der Waals surface area contributed by atoms with Gasteiger partial charge in [0.2, 0.25) is 5.88 Å². The molecule has 5 aromatic rings. The zero-order valence-electron chi connectivity index (χ0n) is 17.3. The molecule has 0 bridgehead atoms. The van der Waals surface area contributed by atoms with Gasteiger partial charge >= 0.3 is 10.1 Å². The summed E-state index contributed by atoms with van der Waals surface area (Å²) in [6, 6.07) is 31.4. The van der Waals surface area contributed by atoms with Crippen LogP contribution in [-0.4, -0.2) is 18.2 Å². The monoisotopic (exact) mass is 440 g/mol. The maximum Gasteiger partial charge on any atom is 0.340 e. The average molecular weight is 441 g/mol. The Morgan fingerprint density at radius 1 is 0.750 bits per heavy atom. The van der Waals surface area contributed by atoms with E-state index in [1.165, 1.54) is 4.68 Å². The molecule has 0 aliphatic rings. The van der Waals surface area contributed by atoms with Crippen molar-refractivity contribution in [1.82, 2.24) is 9.78 Å². The first kappa shape index (κ1) is 20.0. The molecule has 1 aromatic heterocycles. The summed E-state index contributed by atoms with van der Waals surface area (Å²) in [6.07, 6.45) is 0.